The molecule has 0 spiro atoms. The summed E-state index contributed by atoms with van der Waals surface area (Å²) < 4.78 is 13.5. The van der Waals surface area contributed by atoms with Gasteiger partial charge in [-0.3, -0.25) is 4.98 Å². The molecule has 0 aliphatic rings. The molecule has 0 saturated heterocycles. The molecule has 3 nitrogen and oxygen atoms in total. The largest absolute Gasteiger partial charge is 0.478 e. The number of carboxylic acid groups (broad SMARTS) is 1. The maximum absolute atomic E-state index is 13.5. The summed E-state index contributed by atoms with van der Waals surface area (Å²) in [5, 5.41) is 12.1. The van der Waals surface area contributed by atoms with Gasteiger partial charge in [-0.25, -0.2) is 9.18 Å². The highest BCUT2D eigenvalue weighted by Crippen LogP contribution is 2.35. The van der Waals surface area contributed by atoms with Crippen LogP contribution in [-0.4, -0.2) is 16.1 Å². The molecule has 0 amide bonds. The minimum absolute atomic E-state index is 0.0878. The molecule has 1 N–H and O–H groups in total. The SMILES string of the molecule is CC(C)c1nc(-c2cccc3ccccc23)cc(-c2ccc(F)cc2)c1C(=O)O. The summed E-state index contributed by atoms with van der Waals surface area (Å²) in [5.41, 5.74) is 3.51. The normalized spacial score (nSPS) is 11.2. The molecule has 0 radical (unpaired) electrons. The van der Waals surface area contributed by atoms with Gasteiger partial charge in [-0.2, -0.15) is 0 Å². The number of halogens is 1. The van der Waals surface area contributed by atoms with Crippen molar-refractivity contribution in [1.29, 1.82) is 0 Å². The molecule has 0 atom stereocenters. The number of carboxylic acids is 1. The molecule has 29 heavy (non-hydrogen) atoms. The lowest BCUT2D eigenvalue weighted by atomic mass is 9.91. The molecule has 144 valence electrons. The molecule has 0 fully saturated rings. The Hall–Kier alpha value is -3.53. The van der Waals surface area contributed by atoms with Crippen LogP contribution < -0.4 is 0 Å². The van der Waals surface area contributed by atoms with Gasteiger partial charge in [-0.05, 0) is 40.5 Å². The Morgan fingerprint density at radius 1 is 0.931 bits per heavy atom. The van der Waals surface area contributed by atoms with Crippen molar-refractivity contribution in [2.75, 3.05) is 0 Å². The van der Waals surface area contributed by atoms with Gasteiger partial charge in [-0.1, -0.05) is 68.4 Å². The van der Waals surface area contributed by atoms with Crippen molar-refractivity contribution in [3.05, 3.63) is 89.9 Å². The van der Waals surface area contributed by atoms with Gasteiger partial charge in [0.1, 0.15) is 5.82 Å². The molecule has 4 heteroatoms. The Balaban J connectivity index is 2.06. The molecule has 3 aromatic carbocycles. The van der Waals surface area contributed by atoms with Crippen LogP contribution in [0.4, 0.5) is 4.39 Å². The van der Waals surface area contributed by atoms with E-state index in [0.717, 1.165) is 16.3 Å². The van der Waals surface area contributed by atoms with Crippen molar-refractivity contribution < 1.29 is 14.3 Å². The number of pyridine rings is 1. The van der Waals surface area contributed by atoms with Gasteiger partial charge in [0, 0.05) is 11.1 Å². The van der Waals surface area contributed by atoms with Crippen molar-refractivity contribution in [1.82, 2.24) is 4.98 Å². The van der Waals surface area contributed by atoms with Gasteiger partial charge < -0.3 is 5.11 Å². The maximum Gasteiger partial charge on any atom is 0.338 e. The van der Waals surface area contributed by atoms with E-state index in [2.05, 4.69) is 0 Å². The van der Waals surface area contributed by atoms with Gasteiger partial charge in [0.05, 0.1) is 17.0 Å². The number of nitrogens with zero attached hydrogens (tertiary/aromatic N) is 1. The average molecular weight is 385 g/mol. The van der Waals surface area contributed by atoms with Crippen molar-refractivity contribution in [3.8, 4) is 22.4 Å². The van der Waals surface area contributed by atoms with E-state index in [1.165, 1.54) is 12.1 Å². The van der Waals surface area contributed by atoms with Gasteiger partial charge in [0.2, 0.25) is 0 Å². The molecule has 0 bridgehead atoms. The summed E-state index contributed by atoms with van der Waals surface area (Å²) in [6, 6.07) is 21.7. The summed E-state index contributed by atoms with van der Waals surface area (Å²) in [7, 11) is 0. The van der Waals surface area contributed by atoms with Crippen molar-refractivity contribution >= 4 is 16.7 Å². The first-order valence-corrected chi connectivity index (χ1v) is 9.48. The van der Waals surface area contributed by atoms with Crippen LogP contribution in [0.15, 0.2) is 72.8 Å². The van der Waals surface area contributed by atoms with E-state index >= 15 is 0 Å². The number of hydrogen-bond acceptors (Lipinski definition) is 2. The highest BCUT2D eigenvalue weighted by atomic mass is 19.1. The fourth-order valence-corrected chi connectivity index (χ4v) is 3.65. The molecule has 0 unspecified atom stereocenters. The number of aromatic nitrogens is 1. The van der Waals surface area contributed by atoms with Crippen LogP contribution in [0.25, 0.3) is 33.2 Å². The summed E-state index contributed by atoms with van der Waals surface area (Å²) in [5.74, 6) is -1.49. The van der Waals surface area contributed by atoms with Gasteiger partial charge in [0.15, 0.2) is 0 Å². The summed E-state index contributed by atoms with van der Waals surface area (Å²) >= 11 is 0. The molecule has 4 aromatic rings. The zero-order valence-corrected chi connectivity index (χ0v) is 16.2. The lowest BCUT2D eigenvalue weighted by Crippen LogP contribution is -2.10. The first kappa shape index (κ1) is 18.8. The zero-order chi connectivity index (χ0) is 20.5. The average Bonchev–Trinajstić information content (AvgIpc) is 2.72. The van der Waals surface area contributed by atoms with E-state index in [9.17, 15) is 14.3 Å². The van der Waals surface area contributed by atoms with Crippen LogP contribution in [0.5, 0.6) is 0 Å². The Bertz CT molecular complexity index is 1210. The summed E-state index contributed by atoms with van der Waals surface area (Å²) in [6.07, 6.45) is 0. The standard InChI is InChI=1S/C25H20FNO2/c1-15(2)24-23(25(28)29)21(17-10-12-18(26)13-11-17)14-22(27-24)20-9-5-7-16-6-3-4-8-19(16)20/h3-15H,1-2H3,(H,28,29). The number of benzene rings is 3. The second-order valence-corrected chi connectivity index (χ2v) is 7.31. The molecule has 0 aliphatic heterocycles. The van der Waals surface area contributed by atoms with Crippen LogP contribution in [0, 0.1) is 5.82 Å². The smallest absolute Gasteiger partial charge is 0.338 e. The van der Waals surface area contributed by atoms with Gasteiger partial charge in [0.25, 0.3) is 0 Å². The van der Waals surface area contributed by atoms with E-state index < -0.39 is 5.97 Å². The number of rotatable bonds is 4. The van der Waals surface area contributed by atoms with E-state index in [1.807, 2.05) is 56.3 Å². The molecule has 1 aromatic heterocycles. The molecule has 0 saturated carbocycles. The lowest BCUT2D eigenvalue weighted by Gasteiger charge is -2.17. The van der Waals surface area contributed by atoms with E-state index in [0.29, 0.717) is 22.5 Å². The topological polar surface area (TPSA) is 50.2 Å². The highest BCUT2D eigenvalue weighted by molar-refractivity contribution is 6.00. The third-order valence-electron chi connectivity index (χ3n) is 5.03. The minimum Gasteiger partial charge on any atom is -0.478 e. The zero-order valence-electron chi connectivity index (χ0n) is 16.2. The number of fused-ring (bicyclic) bond motifs is 1. The fraction of sp³-hybridized carbons (Fsp3) is 0.120. The molecule has 0 aliphatic carbocycles. The maximum atomic E-state index is 13.5. The van der Waals surface area contributed by atoms with E-state index in [1.54, 1.807) is 18.2 Å². The third kappa shape index (κ3) is 3.49. The minimum atomic E-state index is -1.04. The molecular formula is C25H20FNO2. The van der Waals surface area contributed by atoms with Crippen LogP contribution in [0.1, 0.15) is 35.8 Å². The summed E-state index contributed by atoms with van der Waals surface area (Å²) in [4.78, 5) is 16.9. The van der Waals surface area contributed by atoms with Crippen molar-refractivity contribution in [3.63, 3.8) is 0 Å². The Labute approximate surface area is 168 Å². The quantitative estimate of drug-likeness (QED) is 0.434. The molecular weight excluding hydrogens is 365 g/mol. The lowest BCUT2D eigenvalue weighted by molar-refractivity contribution is 0.0695. The predicted molar refractivity (Wildman–Crippen MR) is 114 cm³/mol. The number of carbonyl (C=O) groups is 1. The van der Waals surface area contributed by atoms with Crippen LogP contribution in [0.3, 0.4) is 0 Å². The second kappa shape index (κ2) is 7.47. The fourth-order valence-electron chi connectivity index (χ4n) is 3.65. The monoisotopic (exact) mass is 385 g/mol. The van der Waals surface area contributed by atoms with Gasteiger partial charge >= 0.3 is 5.97 Å². The van der Waals surface area contributed by atoms with Crippen molar-refractivity contribution in [2.24, 2.45) is 0 Å². The van der Waals surface area contributed by atoms with Crippen LogP contribution in [0.2, 0.25) is 0 Å². The van der Waals surface area contributed by atoms with Crippen molar-refractivity contribution in [2.45, 2.75) is 19.8 Å². The van der Waals surface area contributed by atoms with Crippen LogP contribution >= 0.6 is 0 Å². The van der Waals surface area contributed by atoms with Crippen LogP contribution in [-0.2, 0) is 0 Å². The molecule has 1 heterocycles. The third-order valence-corrected chi connectivity index (χ3v) is 5.03. The number of hydrogen-bond donors (Lipinski definition) is 1. The number of aromatic carboxylic acids is 1. The molecule has 4 rings (SSSR count). The Morgan fingerprint density at radius 3 is 2.31 bits per heavy atom. The second-order valence-electron chi connectivity index (χ2n) is 7.31. The van der Waals surface area contributed by atoms with E-state index in [-0.39, 0.29) is 17.3 Å². The van der Waals surface area contributed by atoms with Gasteiger partial charge in [-0.15, -0.1) is 0 Å². The summed E-state index contributed by atoms with van der Waals surface area (Å²) in [6.45, 7) is 3.85. The first-order valence-electron chi connectivity index (χ1n) is 9.48. The highest BCUT2D eigenvalue weighted by Gasteiger charge is 2.22. The van der Waals surface area contributed by atoms with E-state index in [4.69, 9.17) is 4.98 Å². The predicted octanol–water partition coefficient (Wildman–Crippen LogP) is 6.53. The Morgan fingerprint density at radius 2 is 1.62 bits per heavy atom. The first-order chi connectivity index (χ1) is 14.0. The Kier molecular flexibility index (Phi) is 4.85.